The molecule has 0 heterocycles. The SMILES string of the molecule is CNC1(N(C)CCO)CCC1. The highest BCUT2D eigenvalue weighted by Gasteiger charge is 2.38. The molecule has 0 atom stereocenters. The largest absolute Gasteiger partial charge is 0.395 e. The van der Waals surface area contributed by atoms with E-state index in [-0.39, 0.29) is 12.3 Å². The summed E-state index contributed by atoms with van der Waals surface area (Å²) in [6, 6.07) is 0. The molecule has 0 saturated heterocycles. The van der Waals surface area contributed by atoms with Crippen LogP contribution in [-0.4, -0.2) is 42.9 Å². The van der Waals surface area contributed by atoms with Crippen molar-refractivity contribution in [3.63, 3.8) is 0 Å². The van der Waals surface area contributed by atoms with Crippen LogP contribution >= 0.6 is 0 Å². The van der Waals surface area contributed by atoms with Gasteiger partial charge in [-0.3, -0.25) is 4.90 Å². The topological polar surface area (TPSA) is 35.5 Å². The van der Waals surface area contributed by atoms with E-state index < -0.39 is 0 Å². The van der Waals surface area contributed by atoms with Crippen LogP contribution < -0.4 is 5.32 Å². The zero-order valence-corrected chi connectivity index (χ0v) is 7.43. The summed E-state index contributed by atoms with van der Waals surface area (Å²) in [5.41, 5.74) is 0.197. The maximum Gasteiger partial charge on any atom is 0.0708 e. The molecule has 3 heteroatoms. The lowest BCUT2D eigenvalue weighted by atomic mass is 9.83. The number of hydrogen-bond acceptors (Lipinski definition) is 3. The second-order valence-corrected chi connectivity index (χ2v) is 3.28. The van der Waals surface area contributed by atoms with Gasteiger partial charge in [0.2, 0.25) is 0 Å². The predicted octanol–water partition coefficient (Wildman–Crippen LogP) is 0.0101. The number of aliphatic hydroxyl groups is 1. The molecule has 0 radical (unpaired) electrons. The molecule has 0 aromatic rings. The van der Waals surface area contributed by atoms with Crippen molar-refractivity contribution in [2.45, 2.75) is 24.9 Å². The molecule has 1 rings (SSSR count). The van der Waals surface area contributed by atoms with Crippen molar-refractivity contribution in [3.8, 4) is 0 Å². The number of hydrogen-bond donors (Lipinski definition) is 2. The zero-order valence-electron chi connectivity index (χ0n) is 7.43. The van der Waals surface area contributed by atoms with Crippen LogP contribution in [-0.2, 0) is 0 Å². The Labute approximate surface area is 68.4 Å². The van der Waals surface area contributed by atoms with Gasteiger partial charge in [0.25, 0.3) is 0 Å². The van der Waals surface area contributed by atoms with Gasteiger partial charge in [0.15, 0.2) is 0 Å². The summed E-state index contributed by atoms with van der Waals surface area (Å²) in [4.78, 5) is 2.20. The summed E-state index contributed by atoms with van der Waals surface area (Å²) in [7, 11) is 4.05. The third-order valence-electron chi connectivity index (χ3n) is 2.81. The van der Waals surface area contributed by atoms with E-state index in [0.717, 1.165) is 6.54 Å². The van der Waals surface area contributed by atoms with E-state index in [1.807, 2.05) is 7.05 Å². The van der Waals surface area contributed by atoms with Crippen LogP contribution in [0.3, 0.4) is 0 Å². The molecular formula is C8H18N2O. The fraction of sp³-hybridized carbons (Fsp3) is 1.00. The molecule has 66 valence electrons. The molecule has 0 aromatic carbocycles. The number of aliphatic hydroxyl groups excluding tert-OH is 1. The van der Waals surface area contributed by atoms with Gasteiger partial charge < -0.3 is 10.4 Å². The molecule has 3 nitrogen and oxygen atoms in total. The second kappa shape index (κ2) is 3.52. The third kappa shape index (κ3) is 1.55. The Morgan fingerprint density at radius 3 is 2.45 bits per heavy atom. The Morgan fingerprint density at radius 1 is 1.55 bits per heavy atom. The van der Waals surface area contributed by atoms with Gasteiger partial charge in [-0.2, -0.15) is 0 Å². The first-order valence-electron chi connectivity index (χ1n) is 4.26. The van der Waals surface area contributed by atoms with Crippen molar-refractivity contribution in [2.24, 2.45) is 0 Å². The van der Waals surface area contributed by atoms with Gasteiger partial charge in [-0.15, -0.1) is 0 Å². The normalized spacial score (nSPS) is 21.8. The lowest BCUT2D eigenvalue weighted by Gasteiger charge is -2.48. The minimum atomic E-state index is 0.197. The summed E-state index contributed by atoms with van der Waals surface area (Å²) in [5.74, 6) is 0. The van der Waals surface area contributed by atoms with Gasteiger partial charge >= 0.3 is 0 Å². The fourth-order valence-corrected chi connectivity index (χ4v) is 1.70. The Bertz CT molecular complexity index is 118. The van der Waals surface area contributed by atoms with Crippen molar-refractivity contribution in [1.29, 1.82) is 0 Å². The van der Waals surface area contributed by atoms with Crippen molar-refractivity contribution >= 4 is 0 Å². The van der Waals surface area contributed by atoms with Crippen molar-refractivity contribution < 1.29 is 5.11 Å². The first-order valence-corrected chi connectivity index (χ1v) is 4.26. The fourth-order valence-electron chi connectivity index (χ4n) is 1.70. The lowest BCUT2D eigenvalue weighted by molar-refractivity contribution is 0.00264. The highest BCUT2D eigenvalue weighted by atomic mass is 16.3. The van der Waals surface area contributed by atoms with E-state index in [2.05, 4.69) is 17.3 Å². The average molecular weight is 158 g/mol. The van der Waals surface area contributed by atoms with Crippen LogP contribution in [0.25, 0.3) is 0 Å². The van der Waals surface area contributed by atoms with Crippen LogP contribution in [0.5, 0.6) is 0 Å². The van der Waals surface area contributed by atoms with E-state index in [1.165, 1.54) is 19.3 Å². The van der Waals surface area contributed by atoms with Gasteiger partial charge in [-0.25, -0.2) is 0 Å². The molecule has 0 aliphatic heterocycles. The first-order chi connectivity index (χ1) is 5.25. The first kappa shape index (κ1) is 8.97. The molecule has 1 saturated carbocycles. The van der Waals surface area contributed by atoms with E-state index in [9.17, 15) is 0 Å². The smallest absolute Gasteiger partial charge is 0.0708 e. The lowest BCUT2D eigenvalue weighted by Crippen LogP contribution is -2.61. The molecule has 11 heavy (non-hydrogen) atoms. The van der Waals surface area contributed by atoms with Crippen LogP contribution in [0.2, 0.25) is 0 Å². The van der Waals surface area contributed by atoms with Gasteiger partial charge in [-0.1, -0.05) is 0 Å². The molecule has 1 aliphatic rings. The summed E-state index contributed by atoms with van der Waals surface area (Å²) < 4.78 is 0. The van der Waals surface area contributed by atoms with Gasteiger partial charge in [0.1, 0.15) is 0 Å². The zero-order chi connectivity index (χ0) is 8.32. The van der Waals surface area contributed by atoms with Crippen molar-refractivity contribution in [1.82, 2.24) is 10.2 Å². The van der Waals surface area contributed by atoms with Gasteiger partial charge in [0, 0.05) is 6.54 Å². The molecule has 1 fully saturated rings. The van der Waals surface area contributed by atoms with Crippen molar-refractivity contribution in [3.05, 3.63) is 0 Å². The Balaban J connectivity index is 2.40. The predicted molar refractivity (Wildman–Crippen MR) is 45.4 cm³/mol. The standard InChI is InChI=1S/C8H18N2O/c1-9-8(4-3-5-8)10(2)6-7-11/h9,11H,3-7H2,1-2H3. The van der Waals surface area contributed by atoms with E-state index in [4.69, 9.17) is 5.11 Å². The Hall–Kier alpha value is -0.120. The number of likely N-dealkylation sites (N-methyl/N-ethyl adjacent to an activating group) is 1. The van der Waals surface area contributed by atoms with Crippen LogP contribution in [0.4, 0.5) is 0 Å². The average Bonchev–Trinajstić information content (AvgIpc) is 1.87. The molecule has 1 aliphatic carbocycles. The second-order valence-electron chi connectivity index (χ2n) is 3.28. The molecule has 0 unspecified atom stereocenters. The van der Waals surface area contributed by atoms with E-state index in [0.29, 0.717) is 0 Å². The summed E-state index contributed by atoms with van der Waals surface area (Å²) in [6.45, 7) is 1.01. The number of nitrogens with zero attached hydrogens (tertiary/aromatic N) is 1. The molecule has 0 amide bonds. The molecular weight excluding hydrogens is 140 g/mol. The van der Waals surface area contributed by atoms with E-state index in [1.54, 1.807) is 0 Å². The minimum Gasteiger partial charge on any atom is -0.395 e. The summed E-state index contributed by atoms with van der Waals surface area (Å²) >= 11 is 0. The number of nitrogens with one attached hydrogen (secondary N) is 1. The molecule has 0 aromatic heterocycles. The van der Waals surface area contributed by atoms with Crippen LogP contribution in [0, 0.1) is 0 Å². The van der Waals surface area contributed by atoms with Crippen molar-refractivity contribution in [2.75, 3.05) is 27.2 Å². The monoisotopic (exact) mass is 158 g/mol. The number of rotatable bonds is 4. The minimum absolute atomic E-state index is 0.197. The Kier molecular flexibility index (Phi) is 2.87. The highest BCUT2D eigenvalue weighted by Crippen LogP contribution is 2.33. The van der Waals surface area contributed by atoms with Gasteiger partial charge in [-0.05, 0) is 33.4 Å². The van der Waals surface area contributed by atoms with Crippen LogP contribution in [0.1, 0.15) is 19.3 Å². The third-order valence-corrected chi connectivity index (χ3v) is 2.81. The highest BCUT2D eigenvalue weighted by molar-refractivity contribution is 4.93. The summed E-state index contributed by atoms with van der Waals surface area (Å²) in [5, 5.41) is 12.1. The van der Waals surface area contributed by atoms with E-state index >= 15 is 0 Å². The molecule has 2 N–H and O–H groups in total. The van der Waals surface area contributed by atoms with Crippen LogP contribution in [0.15, 0.2) is 0 Å². The molecule has 0 bridgehead atoms. The summed E-state index contributed by atoms with van der Waals surface area (Å²) in [6.07, 6.45) is 3.72. The Morgan fingerprint density at radius 2 is 2.18 bits per heavy atom. The quantitative estimate of drug-likeness (QED) is 0.566. The molecule has 0 spiro atoms. The maximum atomic E-state index is 8.75. The maximum absolute atomic E-state index is 8.75. The van der Waals surface area contributed by atoms with Gasteiger partial charge in [0.05, 0.1) is 12.3 Å².